The van der Waals surface area contributed by atoms with Crippen LogP contribution in [0.2, 0.25) is 0 Å². The number of carbonyl (C=O) groups is 2. The number of pyridine rings is 1. The maximum atomic E-state index is 13.2. The largest absolute Gasteiger partial charge is 0.324 e. The van der Waals surface area contributed by atoms with E-state index in [0.29, 0.717) is 29.2 Å². The predicted molar refractivity (Wildman–Crippen MR) is 143 cm³/mol. The van der Waals surface area contributed by atoms with Gasteiger partial charge in [-0.1, -0.05) is 0 Å². The van der Waals surface area contributed by atoms with E-state index in [9.17, 15) is 9.59 Å². The summed E-state index contributed by atoms with van der Waals surface area (Å²) in [4.78, 5) is 34.1. The third kappa shape index (κ3) is 4.57. The fourth-order valence-electron chi connectivity index (χ4n) is 4.57. The van der Waals surface area contributed by atoms with Gasteiger partial charge in [-0.3, -0.25) is 28.8 Å². The lowest BCUT2D eigenvalue weighted by atomic mass is 10.1. The Morgan fingerprint density at radius 1 is 1.05 bits per heavy atom. The van der Waals surface area contributed by atoms with Crippen molar-refractivity contribution in [2.75, 3.05) is 23.7 Å². The van der Waals surface area contributed by atoms with Gasteiger partial charge < -0.3 is 10.6 Å². The van der Waals surface area contributed by atoms with Gasteiger partial charge >= 0.3 is 0 Å². The Labute approximate surface area is 221 Å². The highest BCUT2D eigenvalue weighted by Crippen LogP contribution is 2.30. The molecule has 0 aliphatic carbocycles. The van der Waals surface area contributed by atoms with E-state index in [1.165, 1.54) is 16.9 Å². The predicted octanol–water partition coefficient (Wildman–Crippen LogP) is 2.48. The Balaban J connectivity index is 1.14. The Morgan fingerprint density at radius 2 is 1.92 bits per heavy atom. The molecule has 6 rings (SSSR count). The lowest BCUT2D eigenvalue weighted by molar-refractivity contribution is -0.117. The molecular weight excluding hydrogens is 504 g/mol. The van der Waals surface area contributed by atoms with Gasteiger partial charge in [-0.25, -0.2) is 4.52 Å². The van der Waals surface area contributed by atoms with Crippen LogP contribution in [0.3, 0.4) is 0 Å². The van der Waals surface area contributed by atoms with E-state index in [4.69, 9.17) is 0 Å². The summed E-state index contributed by atoms with van der Waals surface area (Å²) in [5.74, 6) is -0.438. The van der Waals surface area contributed by atoms with Crippen LogP contribution in [0.4, 0.5) is 11.4 Å². The molecule has 5 aromatic rings. The summed E-state index contributed by atoms with van der Waals surface area (Å²) in [5.41, 5.74) is 5.47. The highest BCUT2D eigenvalue weighted by molar-refractivity contribution is 7.21. The first-order valence-electron chi connectivity index (χ1n) is 12.1. The Kier molecular flexibility index (Phi) is 6.00. The van der Waals surface area contributed by atoms with E-state index in [-0.39, 0.29) is 18.4 Å². The molecular formula is C25H26N10O2S. The number of rotatable bonds is 6. The lowest BCUT2D eigenvalue weighted by Crippen LogP contribution is -2.37. The van der Waals surface area contributed by atoms with Crippen molar-refractivity contribution in [2.45, 2.75) is 19.9 Å². The van der Waals surface area contributed by atoms with Crippen LogP contribution in [0, 0.1) is 6.92 Å². The summed E-state index contributed by atoms with van der Waals surface area (Å²) in [6.07, 6.45) is 11.5. The summed E-state index contributed by atoms with van der Waals surface area (Å²) in [5, 5.41) is 18.7. The van der Waals surface area contributed by atoms with Crippen molar-refractivity contribution in [3.63, 3.8) is 0 Å². The molecule has 2 amide bonds. The summed E-state index contributed by atoms with van der Waals surface area (Å²) in [6.45, 7) is 3.54. The van der Waals surface area contributed by atoms with Crippen LogP contribution in [0.25, 0.3) is 15.3 Å². The van der Waals surface area contributed by atoms with Gasteiger partial charge in [0.2, 0.25) is 5.91 Å². The van der Waals surface area contributed by atoms with E-state index in [0.717, 1.165) is 33.9 Å². The van der Waals surface area contributed by atoms with Crippen molar-refractivity contribution in [1.29, 1.82) is 0 Å². The number of fused-ring (bicyclic) bond motifs is 2. The number of nitrogens with zero attached hydrogens (tertiary/aromatic N) is 8. The zero-order valence-corrected chi connectivity index (χ0v) is 22.0. The molecule has 0 spiro atoms. The number of carbonyl (C=O) groups excluding carboxylic acids is 2. The molecule has 13 heteroatoms. The van der Waals surface area contributed by atoms with E-state index in [1.54, 1.807) is 40.8 Å². The molecule has 0 aromatic carbocycles. The monoisotopic (exact) mass is 530 g/mol. The van der Waals surface area contributed by atoms with Crippen LogP contribution < -0.4 is 10.6 Å². The van der Waals surface area contributed by atoms with E-state index >= 15 is 0 Å². The van der Waals surface area contributed by atoms with Gasteiger partial charge in [-0.05, 0) is 25.0 Å². The van der Waals surface area contributed by atoms with Crippen LogP contribution in [0.15, 0.2) is 43.2 Å². The molecule has 194 valence electrons. The maximum Gasteiger partial charge on any atom is 0.260 e. The SMILES string of the molecule is Cc1ncc(NC(=O)CN2CCc3cnn(C)c3C2)cc1NC(=O)c1cnn2cc(-c3cnn(C)c3)sc12. The first kappa shape index (κ1) is 24.0. The Hall–Kier alpha value is -4.36. The quantitative estimate of drug-likeness (QED) is 0.345. The van der Waals surface area contributed by atoms with E-state index in [2.05, 4.69) is 35.8 Å². The van der Waals surface area contributed by atoms with Crippen molar-refractivity contribution in [3.05, 3.63) is 65.8 Å². The van der Waals surface area contributed by atoms with Gasteiger partial charge in [0.25, 0.3) is 5.91 Å². The smallest absolute Gasteiger partial charge is 0.260 e. The van der Waals surface area contributed by atoms with Crippen molar-refractivity contribution >= 4 is 39.4 Å². The van der Waals surface area contributed by atoms with Crippen LogP contribution in [-0.2, 0) is 31.9 Å². The molecule has 0 unspecified atom stereocenters. The van der Waals surface area contributed by atoms with Gasteiger partial charge in [0.15, 0.2) is 0 Å². The summed E-state index contributed by atoms with van der Waals surface area (Å²) < 4.78 is 5.29. The van der Waals surface area contributed by atoms with Crippen LogP contribution in [0.1, 0.15) is 27.3 Å². The van der Waals surface area contributed by atoms with Crippen LogP contribution in [0.5, 0.6) is 0 Å². The number of amides is 2. The fourth-order valence-corrected chi connectivity index (χ4v) is 5.60. The average molecular weight is 531 g/mol. The molecule has 6 heterocycles. The Morgan fingerprint density at radius 3 is 2.74 bits per heavy atom. The number of hydrogen-bond acceptors (Lipinski definition) is 8. The van der Waals surface area contributed by atoms with E-state index < -0.39 is 0 Å². The minimum absolute atomic E-state index is 0.140. The summed E-state index contributed by atoms with van der Waals surface area (Å²) >= 11 is 1.47. The molecule has 1 aliphatic heterocycles. The molecule has 12 nitrogen and oxygen atoms in total. The van der Waals surface area contributed by atoms with E-state index in [1.807, 2.05) is 37.4 Å². The molecule has 0 fully saturated rings. The standard InChI is InChI=1S/C25H26N10O2S/c1-15-20(31-24(37)19-10-29-35-13-22(38-25(19)35)17-8-27-32(2)11-17)6-18(9-26-15)30-23(36)14-34-5-4-16-7-28-33(3)21(16)12-34/h6-11,13H,4-5,12,14H2,1-3H3,(H,30,36)(H,31,37). The maximum absolute atomic E-state index is 13.2. The van der Waals surface area contributed by atoms with Gasteiger partial charge in [-0.2, -0.15) is 15.3 Å². The number of aryl methyl sites for hydroxylation is 3. The molecule has 0 radical (unpaired) electrons. The number of aromatic nitrogens is 7. The summed E-state index contributed by atoms with van der Waals surface area (Å²) in [6, 6.07) is 1.73. The second-order valence-electron chi connectivity index (χ2n) is 9.37. The average Bonchev–Trinajstić information content (AvgIpc) is 3.66. The van der Waals surface area contributed by atoms with Gasteiger partial charge in [0.1, 0.15) is 4.83 Å². The molecule has 1 aliphatic rings. The number of anilines is 2. The topological polar surface area (TPSA) is 127 Å². The second kappa shape index (κ2) is 9.50. The van der Waals surface area contributed by atoms with Crippen molar-refractivity contribution in [1.82, 2.24) is 39.1 Å². The molecule has 5 aromatic heterocycles. The number of hydrogen-bond donors (Lipinski definition) is 2. The molecule has 38 heavy (non-hydrogen) atoms. The number of nitrogens with one attached hydrogen (secondary N) is 2. The zero-order chi connectivity index (χ0) is 26.4. The first-order valence-corrected chi connectivity index (χ1v) is 12.9. The van der Waals surface area contributed by atoms with Crippen molar-refractivity contribution < 1.29 is 9.59 Å². The van der Waals surface area contributed by atoms with Gasteiger partial charge in [0, 0.05) is 45.1 Å². The van der Waals surface area contributed by atoms with Gasteiger partial charge in [0.05, 0.1) is 64.5 Å². The lowest BCUT2D eigenvalue weighted by Gasteiger charge is -2.26. The second-order valence-corrected chi connectivity index (χ2v) is 10.4. The summed E-state index contributed by atoms with van der Waals surface area (Å²) in [7, 11) is 3.78. The fraction of sp³-hybridized carbons (Fsp3) is 0.280. The number of thiazole rings is 1. The zero-order valence-electron chi connectivity index (χ0n) is 21.2. The van der Waals surface area contributed by atoms with Gasteiger partial charge in [-0.15, -0.1) is 11.3 Å². The molecule has 0 bridgehead atoms. The molecule has 0 atom stereocenters. The highest BCUT2D eigenvalue weighted by Gasteiger charge is 2.22. The molecule has 0 saturated heterocycles. The highest BCUT2D eigenvalue weighted by atomic mass is 32.1. The third-order valence-electron chi connectivity index (χ3n) is 6.63. The van der Waals surface area contributed by atoms with Crippen LogP contribution in [-0.4, -0.2) is 64.0 Å². The first-order chi connectivity index (χ1) is 18.3. The minimum Gasteiger partial charge on any atom is -0.324 e. The molecule has 0 saturated carbocycles. The third-order valence-corrected chi connectivity index (χ3v) is 7.80. The normalized spacial score (nSPS) is 13.6. The molecule has 2 N–H and O–H groups in total. The Bertz CT molecular complexity index is 1680. The minimum atomic E-state index is -0.298. The van der Waals surface area contributed by atoms with Crippen molar-refractivity contribution in [2.24, 2.45) is 14.1 Å². The van der Waals surface area contributed by atoms with Crippen LogP contribution >= 0.6 is 11.3 Å². The van der Waals surface area contributed by atoms with Crippen molar-refractivity contribution in [3.8, 4) is 10.4 Å².